The van der Waals surface area contributed by atoms with E-state index in [4.69, 9.17) is 0 Å². The average Bonchev–Trinajstić information content (AvgIpc) is 2.81. The summed E-state index contributed by atoms with van der Waals surface area (Å²) >= 11 is 0. The van der Waals surface area contributed by atoms with Crippen molar-refractivity contribution in [2.75, 3.05) is 12.0 Å². The molecule has 2 unspecified atom stereocenters. The molecular weight excluding hydrogens is 244 g/mol. The second kappa shape index (κ2) is 6.16. The van der Waals surface area contributed by atoms with E-state index in [0.717, 1.165) is 18.7 Å². The topological polar surface area (TPSA) is 44.9 Å². The van der Waals surface area contributed by atoms with Gasteiger partial charge in [-0.3, -0.25) is 4.21 Å². The monoisotopic (exact) mass is 264 g/mol. The fraction of sp³-hybridized carbons (Fsp3) is 0.429. The molecule has 0 spiro atoms. The number of aromatic nitrogens is 1. The lowest BCUT2D eigenvalue weighted by Gasteiger charge is -2.13. The molecule has 0 radical (unpaired) electrons. The molecule has 0 aliphatic carbocycles. The molecule has 0 amide bonds. The van der Waals surface area contributed by atoms with Crippen LogP contribution in [0.15, 0.2) is 30.5 Å². The molecule has 0 aliphatic rings. The van der Waals surface area contributed by atoms with E-state index in [0.29, 0.717) is 6.04 Å². The third-order valence-corrected chi connectivity index (χ3v) is 3.92. The Morgan fingerprint density at radius 3 is 3.00 bits per heavy atom. The van der Waals surface area contributed by atoms with Crippen LogP contribution in [0.2, 0.25) is 0 Å². The van der Waals surface area contributed by atoms with Crippen molar-refractivity contribution >= 4 is 21.7 Å². The minimum atomic E-state index is -0.692. The van der Waals surface area contributed by atoms with Crippen LogP contribution in [0.25, 0.3) is 10.9 Å². The van der Waals surface area contributed by atoms with Gasteiger partial charge in [-0.25, -0.2) is 0 Å². The first-order valence-corrected chi connectivity index (χ1v) is 7.97. The molecule has 0 saturated carbocycles. The maximum Gasteiger partial charge on any atom is 0.0454 e. The van der Waals surface area contributed by atoms with Crippen molar-refractivity contribution in [3.05, 3.63) is 36.0 Å². The minimum absolute atomic E-state index is 0.399. The van der Waals surface area contributed by atoms with Crippen molar-refractivity contribution in [3.63, 3.8) is 0 Å². The van der Waals surface area contributed by atoms with Crippen molar-refractivity contribution in [1.29, 1.82) is 0 Å². The highest BCUT2D eigenvalue weighted by molar-refractivity contribution is 7.84. The van der Waals surface area contributed by atoms with E-state index in [1.165, 1.54) is 16.5 Å². The molecule has 0 bridgehead atoms. The zero-order valence-electron chi connectivity index (χ0n) is 10.9. The molecule has 0 saturated heterocycles. The number of fused-ring (bicyclic) bond motifs is 1. The number of hydrogen-bond acceptors (Lipinski definition) is 2. The van der Waals surface area contributed by atoms with Crippen LogP contribution < -0.4 is 5.32 Å². The third kappa shape index (κ3) is 3.68. The van der Waals surface area contributed by atoms with E-state index in [1.807, 2.05) is 6.20 Å². The lowest BCUT2D eigenvalue weighted by atomic mass is 10.1. The van der Waals surface area contributed by atoms with E-state index < -0.39 is 10.8 Å². The molecule has 98 valence electrons. The first kappa shape index (κ1) is 13.3. The molecule has 3 nitrogen and oxygen atoms in total. The SMILES string of the molecule is CC(CCS(C)=O)NCc1ccc2[nH]ccc2c1. The van der Waals surface area contributed by atoms with Crippen molar-refractivity contribution in [2.45, 2.75) is 25.9 Å². The summed E-state index contributed by atoms with van der Waals surface area (Å²) in [7, 11) is -0.692. The summed E-state index contributed by atoms with van der Waals surface area (Å²) in [6.07, 6.45) is 4.67. The van der Waals surface area contributed by atoms with Gasteiger partial charge in [-0.1, -0.05) is 6.07 Å². The standard InChI is InChI=1S/C14H20N2OS/c1-11(6-8-18(2)17)16-10-12-3-4-14-13(9-12)5-7-15-14/h3-5,7,9,11,15-16H,6,8,10H2,1-2H3. The summed E-state index contributed by atoms with van der Waals surface area (Å²) in [5.74, 6) is 0.769. The Balaban J connectivity index is 1.87. The normalized spacial score (nSPS) is 14.8. The lowest BCUT2D eigenvalue weighted by molar-refractivity contribution is 0.535. The fourth-order valence-corrected chi connectivity index (χ4v) is 2.64. The van der Waals surface area contributed by atoms with Gasteiger partial charge in [0.1, 0.15) is 0 Å². The molecule has 2 N–H and O–H groups in total. The highest BCUT2D eigenvalue weighted by Crippen LogP contribution is 2.14. The second-order valence-corrected chi connectivity index (χ2v) is 6.30. The number of benzene rings is 1. The Hall–Kier alpha value is -1.13. The summed E-state index contributed by atoms with van der Waals surface area (Å²) in [6.45, 7) is 3.00. The predicted molar refractivity (Wildman–Crippen MR) is 78.2 cm³/mol. The van der Waals surface area contributed by atoms with Gasteiger partial charge in [-0.05, 0) is 42.5 Å². The van der Waals surface area contributed by atoms with Crippen LogP contribution in [0.4, 0.5) is 0 Å². The molecular formula is C14H20N2OS. The Morgan fingerprint density at radius 2 is 2.22 bits per heavy atom. The predicted octanol–water partition coefficient (Wildman–Crippen LogP) is 2.41. The van der Waals surface area contributed by atoms with Crippen LogP contribution in [-0.2, 0) is 17.3 Å². The van der Waals surface area contributed by atoms with Crippen LogP contribution in [-0.4, -0.2) is 27.2 Å². The van der Waals surface area contributed by atoms with Crippen LogP contribution in [0.3, 0.4) is 0 Å². The van der Waals surface area contributed by atoms with Gasteiger partial charge in [0.15, 0.2) is 0 Å². The van der Waals surface area contributed by atoms with E-state index >= 15 is 0 Å². The number of rotatable bonds is 6. The Labute approximate surface area is 110 Å². The maximum absolute atomic E-state index is 11.0. The number of H-pyrrole nitrogens is 1. The molecule has 1 aromatic carbocycles. The molecule has 18 heavy (non-hydrogen) atoms. The number of nitrogens with one attached hydrogen (secondary N) is 2. The van der Waals surface area contributed by atoms with Gasteiger partial charge >= 0.3 is 0 Å². The van der Waals surface area contributed by atoms with Crippen molar-refractivity contribution < 1.29 is 4.21 Å². The van der Waals surface area contributed by atoms with Gasteiger partial charge in [0.05, 0.1) is 0 Å². The summed E-state index contributed by atoms with van der Waals surface area (Å²) in [6, 6.07) is 8.93. The zero-order chi connectivity index (χ0) is 13.0. The van der Waals surface area contributed by atoms with E-state index in [9.17, 15) is 4.21 Å². The average molecular weight is 264 g/mol. The largest absolute Gasteiger partial charge is 0.361 e. The molecule has 1 heterocycles. The van der Waals surface area contributed by atoms with Gasteiger partial charge in [0.25, 0.3) is 0 Å². The number of aromatic amines is 1. The van der Waals surface area contributed by atoms with Crippen molar-refractivity contribution in [1.82, 2.24) is 10.3 Å². The van der Waals surface area contributed by atoms with Crippen LogP contribution in [0, 0.1) is 0 Å². The van der Waals surface area contributed by atoms with Gasteiger partial charge in [-0.2, -0.15) is 0 Å². The van der Waals surface area contributed by atoms with Gasteiger partial charge in [0, 0.05) is 47.1 Å². The Kier molecular flexibility index (Phi) is 4.55. The Bertz CT molecular complexity index is 535. The highest BCUT2D eigenvalue weighted by atomic mass is 32.2. The van der Waals surface area contributed by atoms with Gasteiger partial charge in [-0.15, -0.1) is 0 Å². The minimum Gasteiger partial charge on any atom is -0.361 e. The van der Waals surface area contributed by atoms with Crippen LogP contribution in [0.1, 0.15) is 18.9 Å². The summed E-state index contributed by atoms with van der Waals surface area (Å²) in [5.41, 5.74) is 2.46. The van der Waals surface area contributed by atoms with E-state index in [2.05, 4.69) is 41.5 Å². The first-order chi connectivity index (χ1) is 8.65. The quantitative estimate of drug-likeness (QED) is 0.841. The maximum atomic E-state index is 11.0. The summed E-state index contributed by atoms with van der Waals surface area (Å²) in [4.78, 5) is 3.19. The number of hydrogen-bond donors (Lipinski definition) is 2. The van der Waals surface area contributed by atoms with Crippen molar-refractivity contribution in [2.24, 2.45) is 0 Å². The molecule has 0 fully saturated rings. The highest BCUT2D eigenvalue weighted by Gasteiger charge is 2.03. The smallest absolute Gasteiger partial charge is 0.0454 e. The van der Waals surface area contributed by atoms with Crippen molar-refractivity contribution in [3.8, 4) is 0 Å². The van der Waals surface area contributed by atoms with Crippen LogP contribution in [0.5, 0.6) is 0 Å². The van der Waals surface area contributed by atoms with E-state index in [1.54, 1.807) is 6.26 Å². The Morgan fingerprint density at radius 1 is 1.39 bits per heavy atom. The fourth-order valence-electron chi connectivity index (χ4n) is 1.95. The second-order valence-electron chi connectivity index (χ2n) is 4.75. The summed E-state index contributed by atoms with van der Waals surface area (Å²) in [5, 5.41) is 4.71. The molecule has 0 aliphatic heterocycles. The third-order valence-electron chi connectivity index (χ3n) is 3.11. The molecule has 2 aromatic rings. The zero-order valence-corrected chi connectivity index (χ0v) is 11.7. The van der Waals surface area contributed by atoms with Crippen LogP contribution >= 0.6 is 0 Å². The summed E-state index contributed by atoms with van der Waals surface area (Å²) < 4.78 is 11.0. The lowest BCUT2D eigenvalue weighted by Crippen LogP contribution is -2.26. The molecule has 2 rings (SSSR count). The van der Waals surface area contributed by atoms with Gasteiger partial charge in [0.2, 0.25) is 0 Å². The van der Waals surface area contributed by atoms with E-state index in [-0.39, 0.29) is 0 Å². The molecule has 4 heteroatoms. The molecule has 2 atom stereocenters. The van der Waals surface area contributed by atoms with Gasteiger partial charge < -0.3 is 10.3 Å². The first-order valence-electron chi connectivity index (χ1n) is 6.24. The molecule has 1 aromatic heterocycles.